The Morgan fingerprint density at radius 1 is 0.787 bits per heavy atom. The molecule has 2 aromatic heterocycles. The number of pyridine rings is 1. The standard InChI is InChI=1S/C39H44NS.C17H32O2.Ir/c1-37(2,3)32-24-29(23-28-11-9-10-12-30(28)32)34-36-31(19-22-40-34)33(38(4,5)6)35(41-36)27-15-13-25(14-16-27)26-17-20-39(7,8)21-18-26;1-10(2)16(11(3)4)14(18)9-15(19)17(12(5)6)13(7)8;/h9-16,19,22,24,26H,17-18,20-21H2,1-8H3;9-13,16-18H,1-8H3;/q-1;;/b;14-9-;. The van der Waals surface area contributed by atoms with E-state index in [-0.39, 0.29) is 54.3 Å². The summed E-state index contributed by atoms with van der Waals surface area (Å²) < 4.78 is 1.26. The van der Waals surface area contributed by atoms with Crippen LogP contribution in [0.15, 0.2) is 78.7 Å². The Bertz CT molecular complexity index is 2250. The summed E-state index contributed by atoms with van der Waals surface area (Å²) in [6, 6.07) is 26.5. The molecule has 5 aromatic rings. The van der Waals surface area contributed by atoms with E-state index >= 15 is 0 Å². The molecule has 3 aromatic carbocycles. The third kappa shape index (κ3) is 11.9. The first-order valence-electron chi connectivity index (χ1n) is 22.8. The summed E-state index contributed by atoms with van der Waals surface area (Å²) >= 11 is 1.90. The molecule has 333 valence electrons. The minimum absolute atomic E-state index is 0. The quantitative estimate of drug-likeness (QED) is 0.0862. The van der Waals surface area contributed by atoms with Gasteiger partial charge < -0.3 is 5.11 Å². The second kappa shape index (κ2) is 20.2. The predicted octanol–water partition coefficient (Wildman–Crippen LogP) is 16.7. The van der Waals surface area contributed by atoms with Gasteiger partial charge in [-0.05, 0) is 99.7 Å². The number of aromatic nitrogens is 1. The third-order valence-electron chi connectivity index (χ3n) is 13.0. The van der Waals surface area contributed by atoms with Gasteiger partial charge in [0.25, 0.3) is 0 Å². The molecule has 0 saturated heterocycles. The first-order chi connectivity index (χ1) is 27.9. The SMILES string of the molecule is CC(C)C(C(=O)/C=C(\O)C(C(C)C)C(C)C)C(C)C.CC1(C)CCC(c2ccc(-c3sc4c(-c5[c-]c6ccccc6c(C(C)(C)C)c5)nccc4c3C(C)(C)C)cc2)CC1.[Ir]. The van der Waals surface area contributed by atoms with Crippen LogP contribution < -0.4 is 0 Å². The number of aliphatic hydroxyl groups excluding tert-OH is 1. The van der Waals surface area contributed by atoms with E-state index in [1.54, 1.807) is 0 Å². The summed E-state index contributed by atoms with van der Waals surface area (Å²) in [7, 11) is 0. The molecule has 0 aliphatic heterocycles. The predicted molar refractivity (Wildman–Crippen MR) is 261 cm³/mol. The Morgan fingerprint density at radius 2 is 1.34 bits per heavy atom. The Hall–Kier alpha value is -3.11. The second-order valence-electron chi connectivity index (χ2n) is 22.0. The van der Waals surface area contributed by atoms with E-state index in [1.807, 2.05) is 17.5 Å². The van der Waals surface area contributed by atoms with E-state index in [0.717, 1.165) is 16.6 Å². The minimum Gasteiger partial charge on any atom is -0.512 e. The molecular weight excluding hydrogens is 943 g/mol. The van der Waals surface area contributed by atoms with Crippen LogP contribution >= 0.6 is 11.3 Å². The number of allylic oxidation sites excluding steroid dienone is 2. The first kappa shape index (κ1) is 50.5. The van der Waals surface area contributed by atoms with Crippen molar-refractivity contribution in [2.75, 3.05) is 0 Å². The van der Waals surface area contributed by atoms with E-state index < -0.39 is 0 Å². The van der Waals surface area contributed by atoms with Crippen molar-refractivity contribution in [2.24, 2.45) is 40.9 Å². The number of carbonyl (C=O) groups excluding carboxylic acids is 1. The molecule has 61 heavy (non-hydrogen) atoms. The molecule has 0 bridgehead atoms. The molecular formula is C56H76IrNO2S-. The summed E-state index contributed by atoms with van der Waals surface area (Å²) in [4.78, 5) is 18.7. The van der Waals surface area contributed by atoms with Crippen LogP contribution in [0.4, 0.5) is 0 Å². The fourth-order valence-electron chi connectivity index (χ4n) is 10.00. The van der Waals surface area contributed by atoms with Crippen LogP contribution in [-0.2, 0) is 35.7 Å². The molecule has 5 heteroatoms. The summed E-state index contributed by atoms with van der Waals surface area (Å²) in [5.74, 6) is 2.32. The number of thiophene rings is 1. The summed E-state index contributed by atoms with van der Waals surface area (Å²) in [5.41, 5.74) is 8.24. The van der Waals surface area contributed by atoms with Gasteiger partial charge >= 0.3 is 0 Å². The number of benzene rings is 3. The van der Waals surface area contributed by atoms with Crippen LogP contribution in [0.5, 0.6) is 0 Å². The average molecular weight is 1020 g/mol. The Balaban J connectivity index is 0.000000349. The van der Waals surface area contributed by atoms with Crippen LogP contribution in [-0.4, -0.2) is 15.9 Å². The van der Waals surface area contributed by atoms with Gasteiger partial charge in [0, 0.05) is 59.5 Å². The number of hydrogen-bond acceptors (Lipinski definition) is 4. The summed E-state index contributed by atoms with van der Waals surface area (Å²) in [5, 5.41) is 14.0. The number of nitrogens with zero attached hydrogens (tertiary/aromatic N) is 1. The molecule has 1 saturated carbocycles. The number of rotatable bonds is 10. The van der Waals surface area contributed by atoms with E-state index in [9.17, 15) is 9.90 Å². The van der Waals surface area contributed by atoms with Crippen molar-refractivity contribution in [3.05, 3.63) is 101 Å². The zero-order valence-electron chi connectivity index (χ0n) is 40.3. The van der Waals surface area contributed by atoms with Crippen molar-refractivity contribution in [1.29, 1.82) is 0 Å². The topological polar surface area (TPSA) is 50.2 Å². The molecule has 2 heterocycles. The maximum absolute atomic E-state index is 12.3. The minimum atomic E-state index is -0.0119. The first-order valence-corrected chi connectivity index (χ1v) is 23.7. The van der Waals surface area contributed by atoms with Gasteiger partial charge in [0.1, 0.15) is 0 Å². The van der Waals surface area contributed by atoms with Crippen molar-refractivity contribution in [3.63, 3.8) is 0 Å². The number of hydrogen-bond donors (Lipinski definition) is 1. The van der Waals surface area contributed by atoms with Crippen LogP contribution in [0.1, 0.15) is 159 Å². The van der Waals surface area contributed by atoms with Gasteiger partial charge in [-0.3, -0.25) is 9.78 Å². The molecule has 1 N–H and O–H groups in total. The molecule has 1 aliphatic rings. The van der Waals surface area contributed by atoms with E-state index in [2.05, 4.69) is 178 Å². The summed E-state index contributed by atoms with van der Waals surface area (Å²) in [6.07, 6.45) is 8.73. The molecule has 1 aliphatic carbocycles. The van der Waals surface area contributed by atoms with Crippen LogP contribution in [0.25, 0.3) is 42.6 Å². The number of carbonyl (C=O) groups is 1. The van der Waals surface area contributed by atoms with Gasteiger partial charge in [0.05, 0.1) is 5.76 Å². The monoisotopic (exact) mass is 1020 g/mol. The number of fused-ring (bicyclic) bond motifs is 2. The second-order valence-corrected chi connectivity index (χ2v) is 23.1. The van der Waals surface area contributed by atoms with Crippen molar-refractivity contribution in [1.82, 2.24) is 4.98 Å². The van der Waals surface area contributed by atoms with Crippen molar-refractivity contribution in [2.45, 2.75) is 153 Å². The molecule has 0 amide bonds. The molecule has 6 rings (SSSR count). The molecule has 0 unspecified atom stereocenters. The Labute approximate surface area is 388 Å². The third-order valence-corrected chi connectivity index (χ3v) is 14.3. The maximum Gasteiger partial charge on any atom is 0.162 e. The Kier molecular flexibility index (Phi) is 16.7. The zero-order valence-corrected chi connectivity index (χ0v) is 43.6. The van der Waals surface area contributed by atoms with E-state index in [4.69, 9.17) is 4.98 Å². The van der Waals surface area contributed by atoms with Gasteiger partial charge in [-0.1, -0.05) is 164 Å². The maximum atomic E-state index is 12.3. The molecule has 3 nitrogen and oxygen atoms in total. The Morgan fingerprint density at radius 3 is 1.87 bits per heavy atom. The zero-order chi connectivity index (χ0) is 44.5. The van der Waals surface area contributed by atoms with E-state index in [0.29, 0.717) is 35.0 Å². The van der Waals surface area contributed by atoms with Crippen LogP contribution in [0.3, 0.4) is 0 Å². The van der Waals surface area contributed by atoms with Gasteiger partial charge in [0.2, 0.25) is 0 Å². The molecule has 1 fully saturated rings. The molecule has 0 atom stereocenters. The van der Waals surface area contributed by atoms with Gasteiger partial charge in [-0.2, -0.15) is 0 Å². The molecule has 0 spiro atoms. The van der Waals surface area contributed by atoms with Crippen molar-refractivity contribution in [3.8, 4) is 21.7 Å². The fraction of sp³-hybridized carbons (Fsp3) is 0.536. The van der Waals surface area contributed by atoms with Gasteiger partial charge in [-0.25, -0.2) is 0 Å². The smallest absolute Gasteiger partial charge is 0.162 e. The van der Waals surface area contributed by atoms with Crippen molar-refractivity contribution < 1.29 is 30.0 Å². The largest absolute Gasteiger partial charge is 0.512 e. The fourth-order valence-corrected chi connectivity index (χ4v) is 11.5. The average Bonchev–Trinajstić information content (AvgIpc) is 3.55. The van der Waals surface area contributed by atoms with Crippen molar-refractivity contribution >= 4 is 38.0 Å². The van der Waals surface area contributed by atoms with Crippen LogP contribution in [0.2, 0.25) is 0 Å². The number of aliphatic hydroxyl groups is 1. The van der Waals surface area contributed by atoms with E-state index in [1.165, 1.54) is 74.4 Å². The normalized spacial score (nSPS) is 15.3. The number of ketones is 1. The van der Waals surface area contributed by atoms with Crippen LogP contribution in [0, 0.1) is 47.0 Å². The molecule has 1 radical (unpaired) electrons. The van der Waals surface area contributed by atoms with Gasteiger partial charge in [-0.15, -0.1) is 40.5 Å². The van der Waals surface area contributed by atoms with Gasteiger partial charge in [0.15, 0.2) is 5.78 Å². The summed E-state index contributed by atoms with van der Waals surface area (Å²) in [6.45, 7) is 35.4.